The molecule has 11 nitrogen and oxygen atoms in total. The predicted octanol–water partition coefficient (Wildman–Crippen LogP) is -0.392. The molecule has 0 bridgehead atoms. The van der Waals surface area contributed by atoms with Gasteiger partial charge in [-0.3, -0.25) is 14.4 Å². The maximum atomic E-state index is 12.9. The SMILES string of the molecule is CC(C)CC(NC(=O)C(Cc1ccc(O)cc1)NC(=O)CNC(=O)C(N)CCCCN)C(=O)O. The van der Waals surface area contributed by atoms with Crippen LogP contribution in [0, 0.1) is 5.92 Å². The molecule has 9 N–H and O–H groups in total. The highest BCUT2D eigenvalue weighted by molar-refractivity contribution is 5.92. The average Bonchev–Trinajstić information content (AvgIpc) is 2.77. The first-order chi connectivity index (χ1) is 16.0. The van der Waals surface area contributed by atoms with Crippen molar-refractivity contribution in [2.45, 2.75) is 64.1 Å². The number of benzene rings is 1. The van der Waals surface area contributed by atoms with Crippen LogP contribution in [0.2, 0.25) is 0 Å². The first-order valence-electron chi connectivity index (χ1n) is 11.4. The zero-order valence-electron chi connectivity index (χ0n) is 19.8. The number of carboxylic acids is 1. The van der Waals surface area contributed by atoms with E-state index in [0.717, 1.165) is 6.42 Å². The topological polar surface area (TPSA) is 197 Å². The fraction of sp³-hybridized carbons (Fsp3) is 0.565. The number of carboxylic acid groups (broad SMARTS) is 1. The van der Waals surface area contributed by atoms with Gasteiger partial charge in [0.25, 0.3) is 0 Å². The van der Waals surface area contributed by atoms with Gasteiger partial charge in [0.1, 0.15) is 17.8 Å². The normalized spacial score (nSPS) is 13.6. The molecular weight excluding hydrogens is 442 g/mol. The number of carbonyl (C=O) groups is 4. The molecule has 11 heteroatoms. The van der Waals surface area contributed by atoms with Crippen LogP contribution in [0.4, 0.5) is 0 Å². The Bertz CT molecular complexity index is 815. The van der Waals surface area contributed by atoms with Crippen LogP contribution >= 0.6 is 0 Å². The summed E-state index contributed by atoms with van der Waals surface area (Å²) in [5.74, 6) is -2.89. The minimum atomic E-state index is -1.17. The van der Waals surface area contributed by atoms with E-state index < -0.39 is 48.4 Å². The summed E-state index contributed by atoms with van der Waals surface area (Å²) in [6.07, 6.45) is 2.14. The Kier molecular flexibility index (Phi) is 12.6. The van der Waals surface area contributed by atoms with Crippen LogP contribution in [-0.4, -0.2) is 65.1 Å². The Morgan fingerprint density at radius 2 is 1.62 bits per heavy atom. The van der Waals surface area contributed by atoms with Gasteiger partial charge in [0.15, 0.2) is 0 Å². The van der Waals surface area contributed by atoms with E-state index in [0.29, 0.717) is 24.9 Å². The van der Waals surface area contributed by atoms with E-state index >= 15 is 0 Å². The van der Waals surface area contributed by atoms with Crippen molar-refractivity contribution in [2.24, 2.45) is 17.4 Å². The third-order valence-corrected chi connectivity index (χ3v) is 5.08. The van der Waals surface area contributed by atoms with Crippen molar-refractivity contribution >= 4 is 23.7 Å². The molecule has 0 spiro atoms. The average molecular weight is 480 g/mol. The number of carbonyl (C=O) groups excluding carboxylic acids is 3. The van der Waals surface area contributed by atoms with Crippen molar-refractivity contribution in [1.29, 1.82) is 0 Å². The fourth-order valence-corrected chi connectivity index (χ4v) is 3.23. The number of aliphatic carboxylic acids is 1. The molecule has 0 fully saturated rings. The number of aromatic hydroxyl groups is 1. The van der Waals surface area contributed by atoms with E-state index in [1.54, 1.807) is 12.1 Å². The number of amides is 3. The number of phenolic OH excluding ortho intramolecular Hbond substituents is 1. The maximum absolute atomic E-state index is 12.9. The molecule has 1 rings (SSSR count). The summed E-state index contributed by atoms with van der Waals surface area (Å²) in [4.78, 5) is 49.0. The zero-order valence-corrected chi connectivity index (χ0v) is 19.8. The standard InChI is InChI=1S/C23H37N5O6/c1-14(2)11-19(23(33)34)28-22(32)18(12-15-6-8-16(29)9-7-15)27-20(30)13-26-21(31)17(25)5-3-4-10-24/h6-9,14,17-19,29H,3-5,10-13,24-25H2,1-2H3,(H,26,31)(H,27,30)(H,28,32)(H,33,34). The molecule has 0 aromatic heterocycles. The maximum Gasteiger partial charge on any atom is 0.326 e. The summed E-state index contributed by atoms with van der Waals surface area (Å²) >= 11 is 0. The van der Waals surface area contributed by atoms with E-state index in [-0.39, 0.29) is 24.5 Å². The summed E-state index contributed by atoms with van der Waals surface area (Å²) in [6.45, 7) is 3.78. The molecule has 1 aromatic rings. The van der Waals surface area contributed by atoms with Crippen molar-refractivity contribution in [3.63, 3.8) is 0 Å². The van der Waals surface area contributed by atoms with Crippen LogP contribution in [0.25, 0.3) is 0 Å². The number of unbranched alkanes of at least 4 members (excludes halogenated alkanes) is 1. The Hall–Kier alpha value is -3.18. The van der Waals surface area contributed by atoms with Gasteiger partial charge in [0.05, 0.1) is 12.6 Å². The minimum Gasteiger partial charge on any atom is -0.508 e. The highest BCUT2D eigenvalue weighted by Crippen LogP contribution is 2.12. The first-order valence-corrected chi connectivity index (χ1v) is 11.4. The first kappa shape index (κ1) is 28.9. The van der Waals surface area contributed by atoms with Gasteiger partial charge in [-0.25, -0.2) is 4.79 Å². The number of hydrogen-bond donors (Lipinski definition) is 7. The number of rotatable bonds is 15. The van der Waals surface area contributed by atoms with Gasteiger partial charge in [-0.05, 0) is 49.4 Å². The van der Waals surface area contributed by atoms with E-state index in [2.05, 4.69) is 16.0 Å². The zero-order chi connectivity index (χ0) is 25.7. The second-order valence-corrected chi connectivity index (χ2v) is 8.63. The summed E-state index contributed by atoms with van der Waals surface area (Å²) in [7, 11) is 0. The molecule has 0 aliphatic rings. The lowest BCUT2D eigenvalue weighted by molar-refractivity contribution is -0.142. The monoisotopic (exact) mass is 479 g/mol. The number of nitrogens with two attached hydrogens (primary N) is 2. The summed E-state index contributed by atoms with van der Waals surface area (Å²) in [6, 6.07) is 3.08. The largest absolute Gasteiger partial charge is 0.508 e. The lowest BCUT2D eigenvalue weighted by Crippen LogP contribution is -2.54. The van der Waals surface area contributed by atoms with Crippen molar-refractivity contribution in [3.8, 4) is 5.75 Å². The van der Waals surface area contributed by atoms with Gasteiger partial charge in [-0.2, -0.15) is 0 Å². The van der Waals surface area contributed by atoms with Crippen LogP contribution < -0.4 is 27.4 Å². The molecule has 3 amide bonds. The van der Waals surface area contributed by atoms with Gasteiger partial charge in [0.2, 0.25) is 17.7 Å². The quantitative estimate of drug-likeness (QED) is 0.165. The molecule has 190 valence electrons. The van der Waals surface area contributed by atoms with Crippen LogP contribution in [0.1, 0.15) is 45.1 Å². The van der Waals surface area contributed by atoms with Crippen molar-refractivity contribution in [1.82, 2.24) is 16.0 Å². The van der Waals surface area contributed by atoms with Gasteiger partial charge >= 0.3 is 5.97 Å². The van der Waals surface area contributed by atoms with E-state index in [9.17, 15) is 29.4 Å². The molecule has 34 heavy (non-hydrogen) atoms. The fourth-order valence-electron chi connectivity index (χ4n) is 3.23. The molecule has 3 unspecified atom stereocenters. The highest BCUT2D eigenvalue weighted by Gasteiger charge is 2.27. The third-order valence-electron chi connectivity index (χ3n) is 5.08. The van der Waals surface area contributed by atoms with Crippen molar-refractivity contribution < 1.29 is 29.4 Å². The van der Waals surface area contributed by atoms with Gasteiger partial charge in [0, 0.05) is 6.42 Å². The Labute approximate surface area is 199 Å². The molecule has 0 saturated heterocycles. The van der Waals surface area contributed by atoms with Gasteiger partial charge in [-0.1, -0.05) is 32.4 Å². The van der Waals surface area contributed by atoms with Crippen molar-refractivity contribution in [2.75, 3.05) is 13.1 Å². The molecule has 0 saturated carbocycles. The Morgan fingerprint density at radius 3 is 2.18 bits per heavy atom. The second kappa shape index (κ2) is 14.9. The highest BCUT2D eigenvalue weighted by atomic mass is 16.4. The molecule has 0 radical (unpaired) electrons. The van der Waals surface area contributed by atoms with E-state index in [1.165, 1.54) is 12.1 Å². The molecule has 1 aromatic carbocycles. The molecular formula is C23H37N5O6. The lowest BCUT2D eigenvalue weighted by atomic mass is 10.0. The Balaban J connectivity index is 2.82. The summed E-state index contributed by atoms with van der Waals surface area (Å²) in [5, 5.41) is 26.4. The molecule has 3 atom stereocenters. The molecule has 0 aliphatic heterocycles. The second-order valence-electron chi connectivity index (χ2n) is 8.63. The van der Waals surface area contributed by atoms with E-state index in [4.69, 9.17) is 11.5 Å². The van der Waals surface area contributed by atoms with Crippen LogP contribution in [0.5, 0.6) is 5.75 Å². The predicted molar refractivity (Wildman–Crippen MR) is 127 cm³/mol. The van der Waals surface area contributed by atoms with Crippen LogP contribution in [-0.2, 0) is 25.6 Å². The van der Waals surface area contributed by atoms with Crippen molar-refractivity contribution in [3.05, 3.63) is 29.8 Å². The van der Waals surface area contributed by atoms with Crippen LogP contribution in [0.15, 0.2) is 24.3 Å². The smallest absolute Gasteiger partial charge is 0.326 e. The number of nitrogens with one attached hydrogen (secondary N) is 3. The Morgan fingerprint density at radius 1 is 0.971 bits per heavy atom. The third kappa shape index (κ3) is 11.1. The molecule has 0 aliphatic carbocycles. The molecule has 0 heterocycles. The van der Waals surface area contributed by atoms with Gasteiger partial charge in [-0.15, -0.1) is 0 Å². The minimum absolute atomic E-state index is 0.0239. The van der Waals surface area contributed by atoms with E-state index in [1.807, 2.05) is 13.8 Å². The van der Waals surface area contributed by atoms with Gasteiger partial charge < -0.3 is 37.6 Å². The summed E-state index contributed by atoms with van der Waals surface area (Å²) < 4.78 is 0. The number of hydrogen-bond acceptors (Lipinski definition) is 7. The number of phenols is 1. The summed E-state index contributed by atoms with van der Waals surface area (Å²) in [5.41, 5.74) is 11.9. The van der Waals surface area contributed by atoms with Crippen LogP contribution in [0.3, 0.4) is 0 Å². The lowest BCUT2D eigenvalue weighted by Gasteiger charge is -2.23.